The van der Waals surface area contributed by atoms with E-state index in [1.165, 1.54) is 12.7 Å². The SMILES string of the molecule is Nc1ncnc(NCc2ncon2)c1Cl. The Morgan fingerprint density at radius 2 is 2.27 bits per heavy atom. The number of nitrogens with one attached hydrogen (secondary N) is 1. The normalized spacial score (nSPS) is 10.2. The van der Waals surface area contributed by atoms with Gasteiger partial charge in [-0.3, -0.25) is 0 Å². The highest BCUT2D eigenvalue weighted by Gasteiger charge is 2.06. The summed E-state index contributed by atoms with van der Waals surface area (Å²) in [5.41, 5.74) is 5.50. The number of halogens is 1. The number of nitrogen functional groups attached to an aromatic ring is 1. The summed E-state index contributed by atoms with van der Waals surface area (Å²) < 4.78 is 4.57. The molecule has 2 rings (SSSR count). The second kappa shape index (κ2) is 4.09. The summed E-state index contributed by atoms with van der Waals surface area (Å²) in [6, 6.07) is 0. The van der Waals surface area contributed by atoms with Gasteiger partial charge in [-0.1, -0.05) is 16.8 Å². The lowest BCUT2D eigenvalue weighted by Crippen LogP contribution is -2.05. The number of hydrogen-bond donors (Lipinski definition) is 2. The van der Waals surface area contributed by atoms with E-state index in [1.807, 2.05) is 0 Å². The van der Waals surface area contributed by atoms with Gasteiger partial charge in [0.1, 0.15) is 17.2 Å². The van der Waals surface area contributed by atoms with Crippen LogP contribution in [0.15, 0.2) is 17.2 Å². The van der Waals surface area contributed by atoms with Gasteiger partial charge in [-0.25, -0.2) is 9.97 Å². The fourth-order valence-corrected chi connectivity index (χ4v) is 1.10. The molecule has 0 spiro atoms. The van der Waals surface area contributed by atoms with Crippen molar-refractivity contribution in [1.29, 1.82) is 0 Å². The van der Waals surface area contributed by atoms with E-state index >= 15 is 0 Å². The van der Waals surface area contributed by atoms with Crippen molar-refractivity contribution < 1.29 is 4.52 Å². The molecule has 0 fully saturated rings. The molecule has 0 bridgehead atoms. The Bertz CT molecular complexity index is 445. The second-order valence-electron chi connectivity index (χ2n) is 2.62. The van der Waals surface area contributed by atoms with Gasteiger partial charge in [-0.05, 0) is 0 Å². The first-order chi connectivity index (χ1) is 7.27. The molecule has 2 aromatic heterocycles. The zero-order valence-electron chi connectivity index (χ0n) is 7.51. The number of anilines is 2. The molecule has 78 valence electrons. The van der Waals surface area contributed by atoms with Crippen LogP contribution >= 0.6 is 11.6 Å². The zero-order chi connectivity index (χ0) is 10.7. The Morgan fingerprint density at radius 3 is 3.00 bits per heavy atom. The highest BCUT2D eigenvalue weighted by Crippen LogP contribution is 2.23. The molecule has 15 heavy (non-hydrogen) atoms. The van der Waals surface area contributed by atoms with Gasteiger partial charge in [0.05, 0.1) is 6.54 Å². The van der Waals surface area contributed by atoms with Crippen molar-refractivity contribution in [2.24, 2.45) is 0 Å². The number of rotatable bonds is 3. The molecule has 3 N–H and O–H groups in total. The molecule has 8 heteroatoms. The van der Waals surface area contributed by atoms with E-state index in [-0.39, 0.29) is 10.8 Å². The van der Waals surface area contributed by atoms with Gasteiger partial charge in [0.15, 0.2) is 11.6 Å². The topological polar surface area (TPSA) is 103 Å². The Balaban J connectivity index is 2.08. The molecular weight excluding hydrogens is 220 g/mol. The third-order valence-electron chi connectivity index (χ3n) is 1.64. The van der Waals surface area contributed by atoms with E-state index < -0.39 is 0 Å². The van der Waals surface area contributed by atoms with Crippen molar-refractivity contribution in [2.75, 3.05) is 11.1 Å². The van der Waals surface area contributed by atoms with E-state index in [9.17, 15) is 0 Å². The van der Waals surface area contributed by atoms with Crippen LogP contribution in [0.1, 0.15) is 5.82 Å². The number of nitrogens with zero attached hydrogens (tertiary/aromatic N) is 4. The van der Waals surface area contributed by atoms with Crippen molar-refractivity contribution in [2.45, 2.75) is 6.54 Å². The molecule has 0 aliphatic rings. The van der Waals surface area contributed by atoms with Crippen LogP contribution in [0, 0.1) is 0 Å². The predicted octanol–water partition coefficient (Wildman–Crippen LogP) is 0.707. The van der Waals surface area contributed by atoms with E-state index in [0.717, 1.165) is 0 Å². The first-order valence-electron chi connectivity index (χ1n) is 4.02. The molecule has 2 aromatic rings. The molecule has 0 amide bonds. The van der Waals surface area contributed by atoms with Crippen LogP contribution in [0.4, 0.5) is 11.6 Å². The fraction of sp³-hybridized carbons (Fsp3) is 0.143. The Morgan fingerprint density at radius 1 is 1.40 bits per heavy atom. The van der Waals surface area contributed by atoms with Crippen LogP contribution in [-0.4, -0.2) is 20.1 Å². The van der Waals surface area contributed by atoms with Crippen molar-refractivity contribution in [3.63, 3.8) is 0 Å². The summed E-state index contributed by atoms with van der Waals surface area (Å²) >= 11 is 5.86. The van der Waals surface area contributed by atoms with Crippen LogP contribution < -0.4 is 11.1 Å². The molecule has 0 atom stereocenters. The standard InChI is InChI=1S/C7H7ClN6O/c8-5-6(9)11-2-12-7(5)10-1-4-13-3-15-14-4/h2-3H,1H2,(H3,9,10,11,12). The fourth-order valence-electron chi connectivity index (χ4n) is 0.940. The Labute approximate surface area is 89.7 Å². The molecule has 0 aliphatic heterocycles. The van der Waals surface area contributed by atoms with Crippen molar-refractivity contribution in [3.05, 3.63) is 23.6 Å². The van der Waals surface area contributed by atoms with Crippen molar-refractivity contribution in [3.8, 4) is 0 Å². The monoisotopic (exact) mass is 226 g/mol. The first-order valence-corrected chi connectivity index (χ1v) is 4.40. The second-order valence-corrected chi connectivity index (χ2v) is 3.00. The molecule has 0 aromatic carbocycles. The maximum absolute atomic E-state index is 5.86. The minimum atomic E-state index is 0.224. The summed E-state index contributed by atoms with van der Waals surface area (Å²) in [6.45, 7) is 0.354. The number of hydrogen-bond acceptors (Lipinski definition) is 7. The van der Waals surface area contributed by atoms with Gasteiger partial charge in [-0.15, -0.1) is 0 Å². The highest BCUT2D eigenvalue weighted by molar-refractivity contribution is 6.35. The lowest BCUT2D eigenvalue weighted by Gasteiger charge is -2.05. The zero-order valence-corrected chi connectivity index (χ0v) is 8.27. The minimum Gasteiger partial charge on any atom is -0.382 e. The van der Waals surface area contributed by atoms with E-state index in [2.05, 4.69) is 29.9 Å². The summed E-state index contributed by atoms with van der Waals surface area (Å²) in [6.07, 6.45) is 2.56. The molecule has 7 nitrogen and oxygen atoms in total. The molecule has 0 unspecified atom stereocenters. The van der Waals surface area contributed by atoms with Crippen molar-refractivity contribution in [1.82, 2.24) is 20.1 Å². The van der Waals surface area contributed by atoms with Gasteiger partial charge in [-0.2, -0.15) is 4.98 Å². The van der Waals surface area contributed by atoms with E-state index in [1.54, 1.807) is 0 Å². The van der Waals surface area contributed by atoms with Crippen LogP contribution in [0.3, 0.4) is 0 Å². The predicted molar refractivity (Wildman–Crippen MR) is 53.1 cm³/mol. The lowest BCUT2D eigenvalue weighted by atomic mass is 10.5. The van der Waals surface area contributed by atoms with Gasteiger partial charge < -0.3 is 15.6 Å². The average molecular weight is 227 g/mol. The molecule has 0 saturated carbocycles. The molecular formula is C7H7ClN6O. The number of aromatic nitrogens is 4. The minimum absolute atomic E-state index is 0.224. The summed E-state index contributed by atoms with van der Waals surface area (Å²) in [4.78, 5) is 11.5. The van der Waals surface area contributed by atoms with Crippen LogP contribution in [0.2, 0.25) is 5.02 Å². The highest BCUT2D eigenvalue weighted by atomic mass is 35.5. The lowest BCUT2D eigenvalue weighted by molar-refractivity contribution is 0.411. The molecule has 0 radical (unpaired) electrons. The van der Waals surface area contributed by atoms with Crippen LogP contribution in [0.25, 0.3) is 0 Å². The van der Waals surface area contributed by atoms with E-state index in [4.69, 9.17) is 17.3 Å². The molecule has 0 aliphatic carbocycles. The van der Waals surface area contributed by atoms with Crippen molar-refractivity contribution >= 4 is 23.2 Å². The third-order valence-corrected chi connectivity index (χ3v) is 2.01. The first kappa shape index (κ1) is 9.66. The van der Waals surface area contributed by atoms with Crippen LogP contribution in [-0.2, 0) is 6.54 Å². The van der Waals surface area contributed by atoms with Gasteiger partial charge in [0, 0.05) is 0 Å². The molecule has 2 heterocycles. The van der Waals surface area contributed by atoms with Gasteiger partial charge in [0.25, 0.3) is 0 Å². The summed E-state index contributed by atoms with van der Waals surface area (Å²) in [5.74, 6) is 1.17. The Hall–Kier alpha value is -1.89. The number of nitrogens with two attached hydrogens (primary N) is 1. The van der Waals surface area contributed by atoms with Gasteiger partial charge in [0.2, 0.25) is 6.39 Å². The third kappa shape index (κ3) is 2.13. The quantitative estimate of drug-likeness (QED) is 0.794. The van der Waals surface area contributed by atoms with E-state index in [0.29, 0.717) is 18.2 Å². The maximum Gasteiger partial charge on any atom is 0.213 e. The largest absolute Gasteiger partial charge is 0.382 e. The van der Waals surface area contributed by atoms with Gasteiger partial charge >= 0.3 is 0 Å². The Kier molecular flexibility index (Phi) is 2.64. The summed E-state index contributed by atoms with van der Waals surface area (Å²) in [7, 11) is 0. The molecule has 0 saturated heterocycles. The maximum atomic E-state index is 5.86. The average Bonchev–Trinajstić information content (AvgIpc) is 2.73. The summed E-state index contributed by atoms with van der Waals surface area (Å²) in [5, 5.41) is 6.80. The smallest absolute Gasteiger partial charge is 0.213 e. The van der Waals surface area contributed by atoms with Crippen LogP contribution in [0.5, 0.6) is 0 Å².